The largest absolute Gasteiger partial charge is 0.463 e. The van der Waals surface area contributed by atoms with Gasteiger partial charge in [0.15, 0.2) is 6.10 Å². The average molecular weight is 203 g/mol. The monoisotopic (exact) mass is 203 g/mol. The van der Waals surface area contributed by atoms with Gasteiger partial charge in [-0.2, -0.15) is 0 Å². The first-order valence-electron chi connectivity index (χ1n) is 4.65. The number of esters is 2. The summed E-state index contributed by atoms with van der Waals surface area (Å²) in [6.07, 6.45) is -0.453. The molecule has 1 unspecified atom stereocenters. The number of hydrogen-bond acceptors (Lipinski definition) is 5. The van der Waals surface area contributed by atoms with Crippen LogP contribution in [0.2, 0.25) is 0 Å². The third-order valence-corrected chi connectivity index (χ3v) is 1.55. The van der Waals surface area contributed by atoms with Gasteiger partial charge in [-0.3, -0.25) is 4.79 Å². The van der Waals surface area contributed by atoms with Gasteiger partial charge in [0.25, 0.3) is 0 Å². The molecule has 82 valence electrons. The highest BCUT2D eigenvalue weighted by Crippen LogP contribution is 2.02. The van der Waals surface area contributed by atoms with Gasteiger partial charge in [-0.25, -0.2) is 4.79 Å². The van der Waals surface area contributed by atoms with Crippen LogP contribution in [0.25, 0.3) is 0 Å². The first kappa shape index (κ1) is 12.9. The van der Waals surface area contributed by atoms with Crippen LogP contribution < -0.4 is 5.73 Å². The zero-order chi connectivity index (χ0) is 11.1. The van der Waals surface area contributed by atoms with Crippen LogP contribution in [0.4, 0.5) is 0 Å². The second-order valence-electron chi connectivity index (χ2n) is 2.87. The number of carbonyl (C=O) groups is 2. The van der Waals surface area contributed by atoms with Crippen LogP contribution in [0.3, 0.4) is 0 Å². The Morgan fingerprint density at radius 3 is 2.21 bits per heavy atom. The summed E-state index contributed by atoms with van der Waals surface area (Å²) in [5.74, 6) is -1.12. The van der Waals surface area contributed by atoms with E-state index in [1.165, 1.54) is 6.92 Å². The minimum Gasteiger partial charge on any atom is -0.463 e. The number of rotatable bonds is 5. The van der Waals surface area contributed by atoms with Crippen molar-refractivity contribution in [2.24, 2.45) is 5.73 Å². The van der Waals surface area contributed by atoms with E-state index in [-0.39, 0.29) is 6.61 Å². The van der Waals surface area contributed by atoms with Crippen LogP contribution in [-0.4, -0.2) is 30.7 Å². The zero-order valence-electron chi connectivity index (χ0n) is 8.78. The Morgan fingerprint density at radius 1 is 1.29 bits per heavy atom. The topological polar surface area (TPSA) is 78.6 Å². The van der Waals surface area contributed by atoms with Gasteiger partial charge < -0.3 is 15.2 Å². The van der Waals surface area contributed by atoms with Gasteiger partial charge in [-0.05, 0) is 20.3 Å². The molecule has 0 heterocycles. The molecule has 0 rings (SSSR count). The summed E-state index contributed by atoms with van der Waals surface area (Å²) in [5.41, 5.74) is 5.29. The van der Waals surface area contributed by atoms with Crippen molar-refractivity contribution in [3.05, 3.63) is 0 Å². The maximum Gasteiger partial charge on any atom is 0.347 e. The highest BCUT2D eigenvalue weighted by atomic mass is 16.6. The smallest absolute Gasteiger partial charge is 0.347 e. The van der Waals surface area contributed by atoms with E-state index in [9.17, 15) is 9.59 Å². The van der Waals surface area contributed by atoms with E-state index in [1.807, 2.05) is 0 Å². The van der Waals surface area contributed by atoms with Gasteiger partial charge in [-0.15, -0.1) is 0 Å². The van der Waals surface area contributed by atoms with E-state index >= 15 is 0 Å². The summed E-state index contributed by atoms with van der Waals surface area (Å²) in [5, 5.41) is 0. The van der Waals surface area contributed by atoms with Crippen molar-refractivity contribution in [2.75, 3.05) is 6.61 Å². The van der Waals surface area contributed by atoms with Crippen LogP contribution >= 0.6 is 0 Å². The molecule has 0 saturated carbocycles. The molecule has 2 atom stereocenters. The predicted octanol–water partition coefficient (Wildman–Crippen LogP) is 0.219. The molecule has 0 aromatic rings. The lowest BCUT2D eigenvalue weighted by Crippen LogP contribution is -2.36. The molecular formula is C9H17NO4. The summed E-state index contributed by atoms with van der Waals surface area (Å²) in [6.45, 7) is 5.19. The number of hydrogen-bond donors (Lipinski definition) is 1. The van der Waals surface area contributed by atoms with Crippen molar-refractivity contribution < 1.29 is 19.1 Å². The molecule has 5 nitrogen and oxygen atoms in total. The highest BCUT2D eigenvalue weighted by molar-refractivity contribution is 5.81. The molecule has 0 spiro atoms. The third-order valence-electron chi connectivity index (χ3n) is 1.55. The molecular weight excluding hydrogens is 186 g/mol. The van der Waals surface area contributed by atoms with E-state index in [4.69, 9.17) is 15.2 Å². The zero-order valence-corrected chi connectivity index (χ0v) is 8.78. The molecule has 0 bridgehead atoms. The van der Waals surface area contributed by atoms with Crippen molar-refractivity contribution in [3.63, 3.8) is 0 Å². The summed E-state index contributed by atoms with van der Waals surface area (Å²) < 4.78 is 9.56. The number of nitrogens with two attached hydrogens (primary N) is 1. The van der Waals surface area contributed by atoms with E-state index < -0.39 is 24.1 Å². The number of carbonyl (C=O) groups excluding carboxylic acids is 2. The minimum absolute atomic E-state index is 0.269. The molecule has 5 heteroatoms. The molecule has 0 aromatic carbocycles. The molecule has 0 saturated heterocycles. The van der Waals surface area contributed by atoms with E-state index in [0.29, 0.717) is 6.42 Å². The lowest BCUT2D eigenvalue weighted by molar-refractivity contribution is -0.168. The van der Waals surface area contributed by atoms with Gasteiger partial charge in [0, 0.05) is 0 Å². The van der Waals surface area contributed by atoms with Crippen molar-refractivity contribution in [3.8, 4) is 0 Å². The maximum absolute atomic E-state index is 11.2. The summed E-state index contributed by atoms with van der Waals surface area (Å²) >= 11 is 0. The quantitative estimate of drug-likeness (QED) is 0.646. The molecule has 0 aliphatic heterocycles. The average Bonchev–Trinajstić information content (AvgIpc) is 2.13. The molecule has 14 heavy (non-hydrogen) atoms. The molecule has 0 aromatic heterocycles. The molecule has 0 radical (unpaired) electrons. The lowest BCUT2D eigenvalue weighted by Gasteiger charge is -2.15. The Kier molecular flexibility index (Phi) is 5.87. The minimum atomic E-state index is -0.839. The van der Waals surface area contributed by atoms with E-state index in [0.717, 1.165) is 0 Å². The standard InChI is InChI=1S/C9H17NO4/c1-4-7(9(12)13-5-2)14-8(11)6(3)10/h6-7H,4-5,10H2,1-3H3/t6-,7?/m0/s1. The van der Waals surface area contributed by atoms with Crippen molar-refractivity contribution in [2.45, 2.75) is 39.3 Å². The van der Waals surface area contributed by atoms with E-state index in [1.54, 1.807) is 13.8 Å². The van der Waals surface area contributed by atoms with Gasteiger partial charge in [-0.1, -0.05) is 6.92 Å². The first-order valence-corrected chi connectivity index (χ1v) is 4.65. The highest BCUT2D eigenvalue weighted by Gasteiger charge is 2.23. The third kappa shape index (κ3) is 4.23. The Hall–Kier alpha value is -1.10. The normalized spacial score (nSPS) is 14.3. The Balaban J connectivity index is 4.15. The fourth-order valence-electron chi connectivity index (χ4n) is 0.781. The van der Waals surface area contributed by atoms with Crippen LogP contribution in [-0.2, 0) is 19.1 Å². The van der Waals surface area contributed by atoms with Crippen molar-refractivity contribution >= 4 is 11.9 Å². The Bertz CT molecular complexity index is 203. The van der Waals surface area contributed by atoms with Crippen LogP contribution in [0.5, 0.6) is 0 Å². The molecule has 0 aliphatic carbocycles. The first-order chi connectivity index (χ1) is 6.52. The van der Waals surface area contributed by atoms with Crippen LogP contribution in [0.1, 0.15) is 27.2 Å². The fourth-order valence-corrected chi connectivity index (χ4v) is 0.781. The predicted molar refractivity (Wildman–Crippen MR) is 50.5 cm³/mol. The van der Waals surface area contributed by atoms with Gasteiger partial charge in [0.05, 0.1) is 6.61 Å². The second kappa shape index (κ2) is 6.37. The SMILES string of the molecule is CCOC(=O)C(CC)OC(=O)[C@H](C)N. The van der Waals surface area contributed by atoms with Gasteiger partial charge >= 0.3 is 11.9 Å². The molecule has 0 amide bonds. The second-order valence-corrected chi connectivity index (χ2v) is 2.87. The number of ether oxygens (including phenoxy) is 2. The molecule has 2 N–H and O–H groups in total. The van der Waals surface area contributed by atoms with Crippen molar-refractivity contribution in [1.29, 1.82) is 0 Å². The summed E-state index contributed by atoms with van der Waals surface area (Å²) in [7, 11) is 0. The molecule has 0 fully saturated rings. The fraction of sp³-hybridized carbons (Fsp3) is 0.778. The Morgan fingerprint density at radius 2 is 1.86 bits per heavy atom. The van der Waals surface area contributed by atoms with Gasteiger partial charge in [0.1, 0.15) is 6.04 Å². The maximum atomic E-state index is 11.2. The van der Waals surface area contributed by atoms with Crippen LogP contribution in [0, 0.1) is 0 Å². The Labute approximate surface area is 83.5 Å². The van der Waals surface area contributed by atoms with Crippen molar-refractivity contribution in [1.82, 2.24) is 0 Å². The van der Waals surface area contributed by atoms with E-state index in [2.05, 4.69) is 0 Å². The summed E-state index contributed by atoms with van der Waals surface area (Å²) in [6, 6.07) is -0.724. The summed E-state index contributed by atoms with van der Waals surface area (Å²) in [4.78, 5) is 22.3. The van der Waals surface area contributed by atoms with Crippen LogP contribution in [0.15, 0.2) is 0 Å². The molecule has 0 aliphatic rings. The lowest BCUT2D eigenvalue weighted by atomic mass is 10.2. The van der Waals surface area contributed by atoms with Gasteiger partial charge in [0.2, 0.25) is 0 Å².